The largest absolute Gasteiger partial charge is 0.309 e. The van der Waals surface area contributed by atoms with Gasteiger partial charge in [-0.05, 0) is 23.9 Å². The Labute approximate surface area is 123 Å². The molecule has 1 nitrogen and oxygen atoms in total. The molecule has 0 radical (unpaired) electrons. The van der Waals surface area contributed by atoms with Crippen molar-refractivity contribution in [3.8, 4) is 0 Å². The summed E-state index contributed by atoms with van der Waals surface area (Å²) in [7, 11) is -0.479. The van der Waals surface area contributed by atoms with Crippen molar-refractivity contribution in [2.24, 2.45) is 5.41 Å². The van der Waals surface area contributed by atoms with Crippen LogP contribution >= 0.6 is 7.92 Å². The summed E-state index contributed by atoms with van der Waals surface area (Å²) in [5.74, 6) is 0. The molecule has 0 aliphatic heterocycles. The highest BCUT2D eigenvalue weighted by atomic mass is 31.1. The zero-order chi connectivity index (χ0) is 14.6. The third-order valence-corrected chi connectivity index (χ3v) is 5.83. The monoisotopic (exact) mass is 283 g/mol. The van der Waals surface area contributed by atoms with Crippen LogP contribution in [0.15, 0.2) is 60.7 Å². The Hall–Kier alpha value is -1.46. The third-order valence-electron chi connectivity index (χ3n) is 3.36. The molecule has 0 fully saturated rings. The molecule has 104 valence electrons. The average molecular weight is 283 g/mol. The van der Waals surface area contributed by atoms with Gasteiger partial charge in [0, 0.05) is 11.9 Å². The van der Waals surface area contributed by atoms with Crippen molar-refractivity contribution >= 4 is 24.2 Å². The lowest BCUT2D eigenvalue weighted by Gasteiger charge is -2.25. The van der Waals surface area contributed by atoms with Crippen molar-refractivity contribution < 1.29 is 0 Å². The first-order valence-electron chi connectivity index (χ1n) is 6.94. The van der Waals surface area contributed by atoms with E-state index in [4.69, 9.17) is 5.41 Å². The number of rotatable bonds is 4. The fourth-order valence-electron chi connectivity index (χ4n) is 1.94. The van der Waals surface area contributed by atoms with Crippen LogP contribution in [-0.2, 0) is 0 Å². The molecular weight excluding hydrogens is 261 g/mol. The summed E-state index contributed by atoms with van der Waals surface area (Å²) in [6, 6.07) is 21.2. The molecule has 20 heavy (non-hydrogen) atoms. The highest BCUT2D eigenvalue weighted by Crippen LogP contribution is 2.35. The van der Waals surface area contributed by atoms with Gasteiger partial charge in [-0.2, -0.15) is 0 Å². The van der Waals surface area contributed by atoms with Gasteiger partial charge in [0.25, 0.3) is 0 Å². The van der Waals surface area contributed by atoms with Crippen LogP contribution in [0.4, 0.5) is 0 Å². The molecule has 0 spiro atoms. The summed E-state index contributed by atoms with van der Waals surface area (Å²) in [6.07, 6.45) is 0.840. The van der Waals surface area contributed by atoms with Crippen LogP contribution in [0.2, 0.25) is 0 Å². The van der Waals surface area contributed by atoms with E-state index in [2.05, 4.69) is 81.4 Å². The first-order chi connectivity index (χ1) is 9.48. The molecule has 0 aliphatic carbocycles. The van der Waals surface area contributed by atoms with Gasteiger partial charge >= 0.3 is 0 Å². The molecule has 0 unspecified atom stereocenters. The summed E-state index contributed by atoms with van der Waals surface area (Å²) in [5.41, 5.74) is 0.778. The molecule has 2 aromatic rings. The Morgan fingerprint density at radius 3 is 1.60 bits per heavy atom. The van der Waals surface area contributed by atoms with E-state index in [1.807, 2.05) is 0 Å². The van der Waals surface area contributed by atoms with Crippen LogP contribution in [0, 0.1) is 10.8 Å². The van der Waals surface area contributed by atoms with E-state index >= 15 is 0 Å². The van der Waals surface area contributed by atoms with Crippen molar-refractivity contribution in [3.05, 3.63) is 60.7 Å². The Kier molecular flexibility index (Phi) is 4.73. The molecule has 0 bridgehead atoms. The molecule has 1 N–H and O–H groups in total. The summed E-state index contributed by atoms with van der Waals surface area (Å²) < 4.78 is 0. The average Bonchev–Trinajstić information content (AvgIpc) is 2.45. The molecular formula is C18H22NP. The first-order valence-corrected chi connectivity index (χ1v) is 8.47. The van der Waals surface area contributed by atoms with E-state index in [0.29, 0.717) is 0 Å². The highest BCUT2D eigenvalue weighted by molar-refractivity contribution is 7.73. The maximum Gasteiger partial charge on any atom is 0.0192 e. The zero-order valence-electron chi connectivity index (χ0n) is 12.4. The standard InChI is InChI=1S/C18H22NP/c1-18(2,3)17(19)14-20(15-10-6-4-7-11-15)16-12-8-5-9-13-16/h4-13,19H,14H2,1-3H3. The normalized spacial score (nSPS) is 11.6. The lowest BCUT2D eigenvalue weighted by Crippen LogP contribution is -2.26. The van der Waals surface area contributed by atoms with Gasteiger partial charge in [-0.15, -0.1) is 0 Å². The van der Waals surface area contributed by atoms with Crippen LogP contribution in [0.1, 0.15) is 20.8 Å². The molecule has 0 heterocycles. The predicted molar refractivity (Wildman–Crippen MR) is 91.1 cm³/mol. The van der Waals surface area contributed by atoms with Crippen LogP contribution in [-0.4, -0.2) is 11.9 Å². The minimum Gasteiger partial charge on any atom is -0.309 e. The molecule has 0 saturated heterocycles. The van der Waals surface area contributed by atoms with E-state index in [1.165, 1.54) is 10.6 Å². The summed E-state index contributed by atoms with van der Waals surface area (Å²) in [5, 5.41) is 11.1. The second-order valence-corrected chi connectivity index (χ2v) is 8.19. The molecule has 0 aromatic heterocycles. The Balaban J connectivity index is 2.34. The molecule has 2 rings (SSSR count). The molecule has 0 amide bonds. The minimum absolute atomic E-state index is 0.0514. The van der Waals surface area contributed by atoms with Gasteiger partial charge in [-0.3, -0.25) is 0 Å². The molecule has 0 saturated carbocycles. The third kappa shape index (κ3) is 3.77. The number of benzene rings is 2. The van der Waals surface area contributed by atoms with Crippen LogP contribution < -0.4 is 10.6 Å². The maximum atomic E-state index is 8.39. The predicted octanol–water partition coefficient (Wildman–Crippen LogP) is 4.19. The lowest BCUT2D eigenvalue weighted by molar-refractivity contribution is 0.585. The van der Waals surface area contributed by atoms with Gasteiger partial charge in [0.05, 0.1) is 0 Å². The van der Waals surface area contributed by atoms with E-state index in [1.54, 1.807) is 0 Å². The number of hydrogen-bond acceptors (Lipinski definition) is 1. The van der Waals surface area contributed by atoms with Crippen molar-refractivity contribution in [1.29, 1.82) is 5.41 Å². The second kappa shape index (κ2) is 6.33. The Morgan fingerprint density at radius 1 is 0.850 bits per heavy atom. The highest BCUT2D eigenvalue weighted by Gasteiger charge is 2.22. The Morgan fingerprint density at radius 2 is 1.25 bits per heavy atom. The molecule has 0 aliphatic rings. The summed E-state index contributed by atoms with van der Waals surface area (Å²) >= 11 is 0. The zero-order valence-corrected chi connectivity index (χ0v) is 13.3. The number of hydrogen-bond donors (Lipinski definition) is 1. The minimum atomic E-state index is -0.479. The fourth-order valence-corrected chi connectivity index (χ4v) is 4.46. The lowest BCUT2D eigenvalue weighted by atomic mass is 9.91. The smallest absolute Gasteiger partial charge is 0.0192 e. The van der Waals surface area contributed by atoms with Gasteiger partial charge in [0.15, 0.2) is 0 Å². The second-order valence-electron chi connectivity index (χ2n) is 5.99. The van der Waals surface area contributed by atoms with Gasteiger partial charge in [-0.1, -0.05) is 81.4 Å². The number of nitrogens with one attached hydrogen (secondary N) is 1. The molecule has 2 heteroatoms. The van der Waals surface area contributed by atoms with E-state index in [-0.39, 0.29) is 5.41 Å². The van der Waals surface area contributed by atoms with Gasteiger partial charge in [-0.25, -0.2) is 0 Å². The van der Waals surface area contributed by atoms with Crippen molar-refractivity contribution in [2.45, 2.75) is 20.8 Å². The SMILES string of the molecule is CC(C)(C)C(=N)CP(c1ccccc1)c1ccccc1. The van der Waals surface area contributed by atoms with Gasteiger partial charge in [0.1, 0.15) is 0 Å². The van der Waals surface area contributed by atoms with Crippen molar-refractivity contribution in [1.82, 2.24) is 0 Å². The fraction of sp³-hybridized carbons (Fsp3) is 0.278. The summed E-state index contributed by atoms with van der Waals surface area (Å²) in [6.45, 7) is 6.37. The van der Waals surface area contributed by atoms with E-state index in [0.717, 1.165) is 11.9 Å². The van der Waals surface area contributed by atoms with E-state index < -0.39 is 7.92 Å². The molecule has 0 atom stereocenters. The topological polar surface area (TPSA) is 23.9 Å². The van der Waals surface area contributed by atoms with Crippen LogP contribution in [0.25, 0.3) is 0 Å². The van der Waals surface area contributed by atoms with E-state index in [9.17, 15) is 0 Å². The van der Waals surface area contributed by atoms with Crippen molar-refractivity contribution in [2.75, 3.05) is 6.16 Å². The van der Waals surface area contributed by atoms with Gasteiger partial charge < -0.3 is 5.41 Å². The molecule has 2 aromatic carbocycles. The van der Waals surface area contributed by atoms with Crippen molar-refractivity contribution in [3.63, 3.8) is 0 Å². The quantitative estimate of drug-likeness (QED) is 0.643. The van der Waals surface area contributed by atoms with Crippen LogP contribution in [0.3, 0.4) is 0 Å². The first kappa shape index (κ1) is 14.9. The van der Waals surface area contributed by atoms with Gasteiger partial charge in [0.2, 0.25) is 0 Å². The maximum absolute atomic E-state index is 8.39. The van der Waals surface area contributed by atoms with Crippen LogP contribution in [0.5, 0.6) is 0 Å². The summed E-state index contributed by atoms with van der Waals surface area (Å²) in [4.78, 5) is 0. The Bertz CT molecular complexity index is 515.